The van der Waals surface area contributed by atoms with Crippen molar-refractivity contribution in [2.24, 2.45) is 0 Å². The molecule has 1 aliphatic rings. The molecule has 0 aliphatic carbocycles. The number of hydrogen-bond acceptors (Lipinski definition) is 5. The van der Waals surface area contributed by atoms with Gasteiger partial charge >= 0.3 is 0 Å². The van der Waals surface area contributed by atoms with E-state index in [4.69, 9.17) is 0 Å². The molecule has 0 saturated carbocycles. The lowest BCUT2D eigenvalue weighted by Crippen LogP contribution is -2.29. The molecule has 6 nitrogen and oxygen atoms in total. The quantitative estimate of drug-likeness (QED) is 0.524. The van der Waals surface area contributed by atoms with E-state index in [1.165, 1.54) is 42.3 Å². The van der Waals surface area contributed by atoms with Crippen molar-refractivity contribution in [3.63, 3.8) is 0 Å². The summed E-state index contributed by atoms with van der Waals surface area (Å²) in [5.41, 5.74) is 3.26. The van der Waals surface area contributed by atoms with Gasteiger partial charge < -0.3 is 14.8 Å². The van der Waals surface area contributed by atoms with E-state index in [1.807, 2.05) is 30.3 Å². The van der Waals surface area contributed by atoms with Gasteiger partial charge in [-0.3, -0.25) is 4.79 Å². The molecule has 3 aromatic rings. The Bertz CT molecular complexity index is 981. The molecule has 1 aliphatic heterocycles. The molecule has 1 aromatic heterocycles. The fourth-order valence-electron chi connectivity index (χ4n) is 3.89. The summed E-state index contributed by atoms with van der Waals surface area (Å²) in [4.78, 5) is 14.9. The van der Waals surface area contributed by atoms with Gasteiger partial charge in [0.25, 0.3) is 0 Å². The number of piperidine rings is 1. The fraction of sp³-hybridized carbons (Fsp3) is 0.375. The Hall–Kier alpha value is -2.80. The van der Waals surface area contributed by atoms with Crippen LogP contribution in [0.25, 0.3) is 0 Å². The number of nitrogens with one attached hydrogen (secondary N) is 1. The Morgan fingerprint density at radius 2 is 1.74 bits per heavy atom. The van der Waals surface area contributed by atoms with Crippen molar-refractivity contribution >= 4 is 29.0 Å². The molecule has 4 rings (SSSR count). The van der Waals surface area contributed by atoms with E-state index in [2.05, 4.69) is 56.2 Å². The second kappa shape index (κ2) is 10.5. The first-order valence-electron chi connectivity index (χ1n) is 11.0. The lowest BCUT2D eigenvalue weighted by Gasteiger charge is -2.28. The number of nitrogens with zero attached hydrogens (tertiary/aromatic N) is 4. The summed E-state index contributed by atoms with van der Waals surface area (Å²) >= 11 is 1.43. The van der Waals surface area contributed by atoms with E-state index < -0.39 is 0 Å². The van der Waals surface area contributed by atoms with Crippen LogP contribution in [0.4, 0.5) is 11.4 Å². The molecule has 1 fully saturated rings. The molecule has 2 heterocycles. The number of thioether (sulfide) groups is 1. The van der Waals surface area contributed by atoms with Crippen molar-refractivity contribution in [3.8, 4) is 0 Å². The molecule has 0 unspecified atom stereocenters. The van der Waals surface area contributed by atoms with E-state index in [-0.39, 0.29) is 5.91 Å². The summed E-state index contributed by atoms with van der Waals surface area (Å²) < 4.78 is 2.08. The fourth-order valence-corrected chi connectivity index (χ4v) is 4.71. The number of anilines is 2. The maximum Gasteiger partial charge on any atom is 0.234 e. The van der Waals surface area contributed by atoms with E-state index in [9.17, 15) is 4.79 Å². The van der Waals surface area contributed by atoms with Crippen molar-refractivity contribution < 1.29 is 4.79 Å². The highest BCUT2D eigenvalue weighted by molar-refractivity contribution is 7.99. The number of carbonyl (C=O) groups excluding carboxylic acids is 1. The van der Waals surface area contributed by atoms with E-state index in [0.717, 1.165) is 42.7 Å². The van der Waals surface area contributed by atoms with Gasteiger partial charge in [0.1, 0.15) is 5.82 Å². The lowest BCUT2D eigenvalue weighted by molar-refractivity contribution is -0.113. The molecule has 162 valence electrons. The molecule has 7 heteroatoms. The molecule has 0 bridgehead atoms. The first-order chi connectivity index (χ1) is 15.2. The van der Waals surface area contributed by atoms with Crippen LogP contribution in [0.1, 0.15) is 37.6 Å². The van der Waals surface area contributed by atoms with Crippen LogP contribution in [0.2, 0.25) is 0 Å². The molecule has 0 spiro atoms. The van der Waals surface area contributed by atoms with Gasteiger partial charge in [0.05, 0.1) is 5.75 Å². The maximum absolute atomic E-state index is 12.5. The number of hydrogen-bond donors (Lipinski definition) is 1. The van der Waals surface area contributed by atoms with E-state index >= 15 is 0 Å². The zero-order chi connectivity index (χ0) is 21.5. The van der Waals surface area contributed by atoms with Gasteiger partial charge in [0.2, 0.25) is 5.91 Å². The van der Waals surface area contributed by atoms with Crippen molar-refractivity contribution in [1.29, 1.82) is 0 Å². The monoisotopic (exact) mass is 435 g/mol. The van der Waals surface area contributed by atoms with Crippen LogP contribution < -0.4 is 10.2 Å². The van der Waals surface area contributed by atoms with Gasteiger partial charge in [0, 0.05) is 37.4 Å². The van der Waals surface area contributed by atoms with Gasteiger partial charge in [0.15, 0.2) is 5.16 Å². The maximum atomic E-state index is 12.5. The van der Waals surface area contributed by atoms with Crippen LogP contribution in [0.3, 0.4) is 0 Å². The second-order valence-corrected chi connectivity index (χ2v) is 8.68. The third kappa shape index (κ3) is 5.67. The van der Waals surface area contributed by atoms with Crippen LogP contribution >= 0.6 is 11.8 Å². The standard InChI is InChI=1S/C24H29N5OS/c1-2-29-22(17-19-9-5-3-6-10-19)26-27-24(29)31-18-23(30)25-20-11-13-21(14-12-20)28-15-7-4-8-16-28/h3,5-6,9-14H,2,4,7-8,15-18H2,1H3,(H,25,30). The van der Waals surface area contributed by atoms with E-state index in [1.54, 1.807) is 0 Å². The van der Waals surface area contributed by atoms with Gasteiger partial charge in [-0.1, -0.05) is 42.1 Å². The topological polar surface area (TPSA) is 63.1 Å². The van der Waals surface area contributed by atoms with Gasteiger partial charge in [-0.25, -0.2) is 0 Å². The molecular weight excluding hydrogens is 406 g/mol. The number of aromatic nitrogens is 3. The zero-order valence-electron chi connectivity index (χ0n) is 18.0. The first kappa shape index (κ1) is 21.4. The lowest BCUT2D eigenvalue weighted by atomic mass is 10.1. The van der Waals surface area contributed by atoms with Gasteiger partial charge in [-0.2, -0.15) is 0 Å². The summed E-state index contributed by atoms with van der Waals surface area (Å²) in [5, 5.41) is 12.4. The third-order valence-electron chi connectivity index (χ3n) is 5.52. The zero-order valence-corrected chi connectivity index (χ0v) is 18.8. The molecule has 2 aromatic carbocycles. The Morgan fingerprint density at radius 3 is 2.45 bits per heavy atom. The van der Waals surface area contributed by atoms with E-state index in [0.29, 0.717) is 5.75 Å². The highest BCUT2D eigenvalue weighted by Crippen LogP contribution is 2.23. The van der Waals surface area contributed by atoms with Crippen LogP contribution in [0.5, 0.6) is 0 Å². The van der Waals surface area contributed by atoms with Crippen LogP contribution in [-0.4, -0.2) is 39.5 Å². The minimum atomic E-state index is -0.0361. The summed E-state index contributed by atoms with van der Waals surface area (Å²) in [7, 11) is 0. The molecule has 0 radical (unpaired) electrons. The number of benzene rings is 2. The summed E-state index contributed by atoms with van der Waals surface area (Å²) in [6.45, 7) is 5.09. The Balaban J connectivity index is 1.31. The van der Waals surface area contributed by atoms with Crippen molar-refractivity contribution in [3.05, 3.63) is 66.0 Å². The van der Waals surface area contributed by atoms with Crippen molar-refractivity contribution in [2.45, 2.75) is 44.3 Å². The average Bonchev–Trinajstić information content (AvgIpc) is 3.21. The van der Waals surface area contributed by atoms with Crippen LogP contribution in [-0.2, 0) is 17.8 Å². The molecule has 1 amide bonds. The smallest absolute Gasteiger partial charge is 0.234 e. The molecule has 1 N–H and O–H groups in total. The van der Waals surface area contributed by atoms with Crippen LogP contribution in [0, 0.1) is 0 Å². The minimum Gasteiger partial charge on any atom is -0.372 e. The largest absolute Gasteiger partial charge is 0.372 e. The third-order valence-corrected chi connectivity index (χ3v) is 6.49. The molecule has 31 heavy (non-hydrogen) atoms. The second-order valence-electron chi connectivity index (χ2n) is 7.74. The predicted molar refractivity (Wildman–Crippen MR) is 127 cm³/mol. The Kier molecular flexibility index (Phi) is 7.25. The number of carbonyl (C=O) groups is 1. The average molecular weight is 436 g/mol. The van der Waals surface area contributed by atoms with Crippen molar-refractivity contribution in [1.82, 2.24) is 14.8 Å². The number of amides is 1. The van der Waals surface area contributed by atoms with Gasteiger partial charge in [-0.15, -0.1) is 10.2 Å². The Morgan fingerprint density at radius 1 is 1.00 bits per heavy atom. The summed E-state index contributed by atoms with van der Waals surface area (Å²) in [6, 6.07) is 18.4. The minimum absolute atomic E-state index is 0.0361. The number of rotatable bonds is 8. The normalized spacial score (nSPS) is 13.9. The molecule has 0 atom stereocenters. The SMILES string of the molecule is CCn1c(Cc2ccccc2)nnc1SCC(=O)Nc1ccc(N2CCCCC2)cc1. The predicted octanol–water partition coefficient (Wildman–Crippen LogP) is 4.61. The Labute approximate surface area is 188 Å². The van der Waals surface area contributed by atoms with Gasteiger partial charge in [-0.05, 0) is 56.0 Å². The highest BCUT2D eigenvalue weighted by Gasteiger charge is 2.14. The molecular formula is C24H29N5OS. The van der Waals surface area contributed by atoms with Crippen LogP contribution in [0.15, 0.2) is 59.8 Å². The first-order valence-corrected chi connectivity index (χ1v) is 11.9. The molecule has 1 saturated heterocycles. The summed E-state index contributed by atoms with van der Waals surface area (Å²) in [5.74, 6) is 1.19. The summed E-state index contributed by atoms with van der Waals surface area (Å²) in [6.07, 6.45) is 4.57. The highest BCUT2D eigenvalue weighted by atomic mass is 32.2. The van der Waals surface area contributed by atoms with Crippen molar-refractivity contribution in [2.75, 3.05) is 29.1 Å².